The van der Waals surface area contributed by atoms with E-state index in [1.165, 1.54) is 13.8 Å². The van der Waals surface area contributed by atoms with Crippen molar-refractivity contribution in [2.24, 2.45) is 5.41 Å². The number of nitrogens with zero attached hydrogens (tertiary/aromatic N) is 4. The van der Waals surface area contributed by atoms with E-state index in [1.807, 2.05) is 0 Å². The van der Waals surface area contributed by atoms with Gasteiger partial charge in [0.2, 0.25) is 16.9 Å². The molecule has 1 aliphatic heterocycles. The third-order valence-electron chi connectivity index (χ3n) is 7.81. The van der Waals surface area contributed by atoms with Crippen LogP contribution in [0.15, 0.2) is 36.9 Å². The van der Waals surface area contributed by atoms with E-state index in [-0.39, 0.29) is 41.6 Å². The molecule has 0 bridgehead atoms. The predicted molar refractivity (Wildman–Crippen MR) is 206 cm³/mol. The number of nitrogens with one attached hydrogen (secondary N) is 2. The van der Waals surface area contributed by atoms with Gasteiger partial charge in [0.25, 0.3) is 0 Å². The first-order valence-corrected chi connectivity index (χ1v) is 22.9. The Morgan fingerprint density at radius 1 is 1.04 bits per heavy atom. The van der Waals surface area contributed by atoms with E-state index in [2.05, 4.69) is 57.0 Å². The van der Waals surface area contributed by atoms with Gasteiger partial charge in [0, 0.05) is 39.8 Å². The molecule has 2 aromatic heterocycles. The van der Waals surface area contributed by atoms with Crippen LogP contribution < -0.4 is 16.4 Å². The van der Waals surface area contributed by atoms with Gasteiger partial charge in [-0.25, -0.2) is 28.6 Å². The number of hydrogen-bond donors (Lipinski definition) is 9. The van der Waals surface area contributed by atoms with Gasteiger partial charge in [-0.1, -0.05) is 25.6 Å². The highest BCUT2D eigenvalue weighted by Gasteiger charge is 2.50. The molecule has 1 aromatic carbocycles. The predicted octanol–water partition coefficient (Wildman–Crippen LogP) is 0.583. The molecule has 0 saturated carbocycles. The minimum Gasteiger partial charge on any atom is -0.386 e. The quantitative estimate of drug-likeness (QED) is 0.0425. The van der Waals surface area contributed by atoms with Crippen molar-refractivity contribution < 1.29 is 80.5 Å². The van der Waals surface area contributed by atoms with Crippen molar-refractivity contribution in [3.8, 4) is 0 Å². The molecule has 0 radical (unpaired) electrons. The van der Waals surface area contributed by atoms with Crippen molar-refractivity contribution in [1.82, 2.24) is 30.2 Å². The average molecular weight is 998 g/mol. The summed E-state index contributed by atoms with van der Waals surface area (Å²) in [4.78, 5) is 87.9. The number of carbonyl (C=O) groups excluding carboxylic acids is 3. The average Bonchev–Trinajstić information content (AvgIpc) is 3.68. The molecule has 316 valence electrons. The van der Waals surface area contributed by atoms with E-state index in [9.17, 15) is 57.9 Å². The minimum atomic E-state index is -5.57. The molecule has 3 heterocycles. The van der Waals surface area contributed by atoms with Gasteiger partial charge in [0.15, 0.2) is 17.7 Å². The summed E-state index contributed by atoms with van der Waals surface area (Å²) in [5.74, 6) is -1.17. The SMILES string of the molecule is CC(C)(COP(=O)(O)OP(=O)(O)OCC1OC(n2cnc3c(N)ncnc32)C(O)C1OP(=O)(O)O)C(O)C(=O)NCCC(=O)NCCSC(=O)c1ccc(I)cc1. The number of aromatic nitrogens is 4. The van der Waals surface area contributed by atoms with Crippen molar-refractivity contribution in [1.29, 1.82) is 0 Å². The molecule has 1 fully saturated rings. The molecule has 10 N–H and O–H groups in total. The molecule has 24 nitrogen and oxygen atoms in total. The Kier molecular flexibility index (Phi) is 16.3. The van der Waals surface area contributed by atoms with Crippen molar-refractivity contribution in [3.63, 3.8) is 0 Å². The molecule has 57 heavy (non-hydrogen) atoms. The number of aliphatic hydroxyl groups excluding tert-OH is 2. The molecule has 0 spiro atoms. The van der Waals surface area contributed by atoms with Crippen LogP contribution in [0, 0.1) is 8.99 Å². The van der Waals surface area contributed by atoms with Crippen LogP contribution in [0.5, 0.6) is 0 Å². The van der Waals surface area contributed by atoms with E-state index in [0.717, 1.165) is 32.6 Å². The lowest BCUT2D eigenvalue weighted by Gasteiger charge is -2.30. The Morgan fingerprint density at radius 3 is 2.37 bits per heavy atom. The fourth-order valence-electron chi connectivity index (χ4n) is 4.94. The number of imidazole rings is 1. The summed E-state index contributed by atoms with van der Waals surface area (Å²) in [7, 11) is -16.4. The van der Waals surface area contributed by atoms with Crippen LogP contribution in [0.4, 0.5) is 5.82 Å². The van der Waals surface area contributed by atoms with Crippen LogP contribution >= 0.6 is 57.8 Å². The fraction of sp³-hybridized carbons (Fsp3) is 0.500. The van der Waals surface area contributed by atoms with Gasteiger partial charge < -0.3 is 50.9 Å². The number of hydrogen-bond acceptors (Lipinski definition) is 18. The molecule has 4 rings (SSSR count). The largest absolute Gasteiger partial charge is 0.481 e. The second-order valence-corrected chi connectivity index (χ2v) is 19.3. The number of anilines is 1. The number of carbonyl (C=O) groups is 3. The zero-order chi connectivity index (χ0) is 42.3. The van der Waals surface area contributed by atoms with Gasteiger partial charge >= 0.3 is 23.5 Å². The summed E-state index contributed by atoms with van der Waals surface area (Å²) in [5, 5.41) is 26.2. The molecule has 1 saturated heterocycles. The second-order valence-electron chi connectivity index (χ2n) is 12.7. The van der Waals surface area contributed by atoms with Crippen LogP contribution in [0.25, 0.3) is 11.2 Å². The van der Waals surface area contributed by atoms with Crippen molar-refractivity contribution in [2.45, 2.75) is 50.9 Å². The summed E-state index contributed by atoms with van der Waals surface area (Å²) in [5.41, 5.74) is 4.78. The number of nitrogens with two attached hydrogens (primary N) is 1. The van der Waals surface area contributed by atoms with Crippen molar-refractivity contribution >= 4 is 91.7 Å². The smallest absolute Gasteiger partial charge is 0.386 e. The monoisotopic (exact) mass is 997 g/mol. The van der Waals surface area contributed by atoms with Gasteiger partial charge in [-0.2, -0.15) is 4.31 Å². The van der Waals surface area contributed by atoms with E-state index >= 15 is 0 Å². The molecule has 3 aromatic rings. The Hall–Kier alpha value is -2.49. The van der Waals surface area contributed by atoms with Gasteiger partial charge in [0.1, 0.15) is 36.3 Å². The lowest BCUT2D eigenvalue weighted by molar-refractivity contribution is -0.137. The van der Waals surface area contributed by atoms with Gasteiger partial charge in [-0.05, 0) is 46.9 Å². The molecular formula is C28H39IN7O17P3S. The number of thioether (sulfide) groups is 1. The number of nitrogen functional groups attached to an aromatic ring is 1. The lowest BCUT2D eigenvalue weighted by atomic mass is 9.87. The van der Waals surface area contributed by atoms with E-state index in [1.54, 1.807) is 24.3 Å². The molecule has 2 amide bonds. The van der Waals surface area contributed by atoms with Crippen molar-refractivity contribution in [2.75, 3.05) is 37.8 Å². The first-order valence-electron chi connectivity index (χ1n) is 16.3. The van der Waals surface area contributed by atoms with Gasteiger partial charge in [-0.3, -0.25) is 32.5 Å². The summed E-state index contributed by atoms with van der Waals surface area (Å²) in [6.07, 6.45) is -6.94. The molecule has 7 atom stereocenters. The fourth-order valence-corrected chi connectivity index (χ4v) is 8.82. The first-order chi connectivity index (χ1) is 26.5. The maximum Gasteiger partial charge on any atom is 0.481 e. The van der Waals surface area contributed by atoms with E-state index < -0.39 is 84.6 Å². The minimum absolute atomic E-state index is 0.0291. The number of halogens is 1. The van der Waals surface area contributed by atoms with Crippen LogP contribution in [-0.4, -0.2) is 123 Å². The highest BCUT2D eigenvalue weighted by atomic mass is 127. The number of aliphatic hydroxyl groups is 2. The summed E-state index contributed by atoms with van der Waals surface area (Å²) < 4.78 is 63.1. The van der Waals surface area contributed by atoms with Crippen molar-refractivity contribution in [3.05, 3.63) is 46.1 Å². The maximum absolute atomic E-state index is 12.7. The van der Waals surface area contributed by atoms with Crippen LogP contribution in [0.3, 0.4) is 0 Å². The van der Waals surface area contributed by atoms with Crippen LogP contribution in [0.2, 0.25) is 0 Å². The summed E-state index contributed by atoms with van der Waals surface area (Å²) in [6, 6.07) is 7.00. The van der Waals surface area contributed by atoms with E-state index in [4.69, 9.17) is 19.5 Å². The number of phosphoric acid groups is 3. The Bertz CT molecular complexity index is 2060. The van der Waals surface area contributed by atoms with Gasteiger partial charge in [-0.15, -0.1) is 0 Å². The number of ether oxygens (including phenoxy) is 1. The first kappa shape index (κ1) is 47.2. The van der Waals surface area contributed by atoms with Crippen LogP contribution in [-0.2, 0) is 45.9 Å². The third-order valence-corrected chi connectivity index (χ3v) is 12.5. The Labute approximate surface area is 341 Å². The topological polar surface area (TPSA) is 364 Å². The number of phosphoric ester groups is 3. The number of benzene rings is 1. The van der Waals surface area contributed by atoms with Crippen LogP contribution in [0.1, 0.15) is 36.9 Å². The Morgan fingerprint density at radius 2 is 1.70 bits per heavy atom. The standard InChI is InChI=1S/C28H39IN7O17P3S/c1-28(2,22(39)25(40)32-8-7-18(37)31-9-10-57-27(41)15-3-5-16(29)6-4-15)12-50-56(47,48)53-55(45,46)49-11-17-21(52-54(42,43)44)20(38)26(51-17)36-14-35-19-23(30)33-13-34-24(19)36/h3-6,13-14,17,20-22,26,38-39H,7-12H2,1-2H3,(H,31,37)(H,32,40)(H,45,46)(H,47,48)(H2,30,33,34)(H2,42,43,44). The molecular weight excluding hydrogens is 958 g/mol. The molecule has 0 aliphatic carbocycles. The number of fused-ring (bicyclic) bond motifs is 1. The normalized spacial score (nSPS) is 21.4. The third kappa shape index (κ3) is 13.8. The zero-order valence-corrected chi connectivity index (χ0v) is 35.4. The summed E-state index contributed by atoms with van der Waals surface area (Å²) >= 11 is 3.15. The Balaban J connectivity index is 1.23. The highest BCUT2D eigenvalue weighted by Crippen LogP contribution is 2.61. The maximum atomic E-state index is 12.7. The van der Waals surface area contributed by atoms with E-state index in [0.29, 0.717) is 11.3 Å². The highest BCUT2D eigenvalue weighted by molar-refractivity contribution is 14.1. The second kappa shape index (κ2) is 19.7. The lowest BCUT2D eigenvalue weighted by Crippen LogP contribution is -2.46. The molecule has 1 aliphatic rings. The molecule has 29 heteroatoms. The zero-order valence-electron chi connectivity index (χ0n) is 29.8. The molecule has 7 unspecified atom stereocenters. The summed E-state index contributed by atoms with van der Waals surface area (Å²) in [6.45, 7) is 0.445. The van der Waals surface area contributed by atoms with Gasteiger partial charge in [0.05, 0.1) is 19.5 Å². The number of rotatable bonds is 20. The number of amides is 2.